The van der Waals surface area contributed by atoms with Crippen LogP contribution in [0.1, 0.15) is 30.7 Å². The highest BCUT2D eigenvalue weighted by atomic mass is 32.2. The first-order chi connectivity index (χ1) is 13.3. The van der Waals surface area contributed by atoms with Gasteiger partial charge in [-0.05, 0) is 30.9 Å². The Bertz CT molecular complexity index is 853. The molecule has 1 amide bonds. The van der Waals surface area contributed by atoms with E-state index in [1.165, 1.54) is 10.6 Å². The summed E-state index contributed by atoms with van der Waals surface area (Å²) in [7, 11) is -1.31. The standard InChI is InChI=1S/C15H21N3O3S.C2HF3O2/c1-17-14(19)13(12-4-3-7-16-11-12)10-15(17)5-8-18(9-6-15)22(2,20)21;3-2(4,5)1(6)7/h3-4,7,11,13H,5-6,8-10H2,1-2H3;(H,6,7). The van der Waals surface area contributed by atoms with Crippen LogP contribution in [0.15, 0.2) is 24.5 Å². The minimum Gasteiger partial charge on any atom is -0.475 e. The second-order valence-electron chi connectivity index (χ2n) is 7.13. The van der Waals surface area contributed by atoms with E-state index in [2.05, 4.69) is 4.98 Å². The van der Waals surface area contributed by atoms with Gasteiger partial charge in [-0.25, -0.2) is 17.5 Å². The van der Waals surface area contributed by atoms with Crippen LogP contribution in [0.3, 0.4) is 0 Å². The van der Waals surface area contributed by atoms with E-state index in [-0.39, 0.29) is 17.4 Å². The number of sulfonamides is 1. The second kappa shape index (κ2) is 8.27. The van der Waals surface area contributed by atoms with Gasteiger partial charge in [0.1, 0.15) is 0 Å². The SMILES string of the molecule is CN1C(=O)C(c2cccnc2)CC12CCN(S(C)(=O)=O)CC2.O=C(O)C(F)(F)F. The molecule has 1 atom stereocenters. The second-order valence-corrected chi connectivity index (χ2v) is 9.11. The lowest BCUT2D eigenvalue weighted by atomic mass is 9.82. The number of rotatable bonds is 2. The van der Waals surface area contributed by atoms with Crippen LogP contribution in [-0.2, 0) is 19.6 Å². The Morgan fingerprint density at radius 1 is 1.31 bits per heavy atom. The molecule has 1 N–H and O–H groups in total. The zero-order valence-electron chi connectivity index (χ0n) is 15.9. The molecular formula is C17H22F3N3O5S. The number of hydrogen-bond donors (Lipinski definition) is 1. The number of halogens is 3. The van der Waals surface area contributed by atoms with Crippen LogP contribution in [-0.4, -0.2) is 77.7 Å². The van der Waals surface area contributed by atoms with Crippen molar-refractivity contribution in [3.8, 4) is 0 Å². The first kappa shape index (κ1) is 23.1. The summed E-state index contributed by atoms with van der Waals surface area (Å²) in [5.41, 5.74) is 0.723. The van der Waals surface area contributed by atoms with Gasteiger partial charge in [-0.2, -0.15) is 13.2 Å². The molecule has 2 aliphatic heterocycles. The van der Waals surface area contributed by atoms with Crippen molar-refractivity contribution >= 4 is 21.9 Å². The van der Waals surface area contributed by atoms with Crippen LogP contribution in [0.4, 0.5) is 13.2 Å². The van der Waals surface area contributed by atoms with Crippen LogP contribution >= 0.6 is 0 Å². The molecule has 1 unspecified atom stereocenters. The molecule has 0 aliphatic carbocycles. The number of carbonyl (C=O) groups is 2. The molecular weight excluding hydrogens is 415 g/mol. The number of nitrogens with zero attached hydrogens (tertiary/aromatic N) is 3. The number of piperidine rings is 1. The molecule has 2 fully saturated rings. The van der Waals surface area contributed by atoms with Crippen molar-refractivity contribution in [2.75, 3.05) is 26.4 Å². The predicted octanol–water partition coefficient (Wildman–Crippen LogP) is 1.45. The van der Waals surface area contributed by atoms with E-state index >= 15 is 0 Å². The normalized spacial score (nSPS) is 22.3. The summed E-state index contributed by atoms with van der Waals surface area (Å²) in [5, 5.41) is 7.12. The Morgan fingerprint density at radius 2 is 1.86 bits per heavy atom. The summed E-state index contributed by atoms with van der Waals surface area (Å²) in [6, 6.07) is 3.79. The monoisotopic (exact) mass is 437 g/mol. The van der Waals surface area contributed by atoms with Gasteiger partial charge in [0, 0.05) is 38.1 Å². The fourth-order valence-electron chi connectivity index (χ4n) is 3.69. The molecule has 2 saturated heterocycles. The fourth-order valence-corrected chi connectivity index (χ4v) is 4.53. The molecule has 0 radical (unpaired) electrons. The molecule has 162 valence electrons. The Hall–Kier alpha value is -2.21. The molecule has 1 spiro atoms. The van der Waals surface area contributed by atoms with Crippen LogP contribution in [0.25, 0.3) is 0 Å². The number of carbonyl (C=O) groups excluding carboxylic acids is 1. The number of pyridine rings is 1. The molecule has 2 aliphatic rings. The van der Waals surface area contributed by atoms with Gasteiger partial charge < -0.3 is 10.0 Å². The summed E-state index contributed by atoms with van der Waals surface area (Å²) in [6.45, 7) is 0.965. The van der Waals surface area contributed by atoms with Gasteiger partial charge in [-0.1, -0.05) is 6.07 Å². The minimum atomic E-state index is -5.08. The van der Waals surface area contributed by atoms with Gasteiger partial charge in [0.05, 0.1) is 12.2 Å². The minimum absolute atomic E-state index is 0.112. The Morgan fingerprint density at radius 3 is 2.28 bits per heavy atom. The summed E-state index contributed by atoms with van der Waals surface area (Å²) < 4.78 is 56.6. The van der Waals surface area contributed by atoms with E-state index in [0.717, 1.165) is 12.0 Å². The van der Waals surface area contributed by atoms with Gasteiger partial charge in [0.15, 0.2) is 0 Å². The van der Waals surface area contributed by atoms with Crippen molar-refractivity contribution in [1.29, 1.82) is 0 Å². The van der Waals surface area contributed by atoms with E-state index in [9.17, 15) is 26.4 Å². The number of aliphatic carboxylic acids is 1. The molecule has 3 heterocycles. The van der Waals surface area contributed by atoms with Crippen molar-refractivity contribution in [3.05, 3.63) is 30.1 Å². The van der Waals surface area contributed by atoms with E-state index in [4.69, 9.17) is 9.90 Å². The Kier molecular flexibility index (Phi) is 6.58. The van der Waals surface area contributed by atoms with Gasteiger partial charge in [-0.15, -0.1) is 0 Å². The summed E-state index contributed by atoms with van der Waals surface area (Å²) in [6.07, 6.45) is 1.74. The zero-order valence-corrected chi connectivity index (χ0v) is 16.7. The Balaban J connectivity index is 0.000000370. The van der Waals surface area contributed by atoms with E-state index in [0.29, 0.717) is 25.9 Å². The first-order valence-corrected chi connectivity index (χ1v) is 10.6. The number of likely N-dealkylation sites (N-methyl/N-ethyl adjacent to an activating group) is 1. The van der Waals surface area contributed by atoms with Crippen LogP contribution < -0.4 is 0 Å². The number of carboxylic acid groups (broad SMARTS) is 1. The molecule has 8 nitrogen and oxygen atoms in total. The van der Waals surface area contributed by atoms with E-state index < -0.39 is 22.2 Å². The average Bonchev–Trinajstić information content (AvgIpc) is 2.87. The van der Waals surface area contributed by atoms with Crippen LogP contribution in [0, 0.1) is 0 Å². The highest BCUT2D eigenvalue weighted by molar-refractivity contribution is 7.88. The first-order valence-electron chi connectivity index (χ1n) is 8.71. The van der Waals surface area contributed by atoms with Crippen molar-refractivity contribution in [2.24, 2.45) is 0 Å². The smallest absolute Gasteiger partial charge is 0.475 e. The predicted molar refractivity (Wildman–Crippen MR) is 96.4 cm³/mol. The van der Waals surface area contributed by atoms with Gasteiger partial charge in [0.25, 0.3) is 0 Å². The maximum atomic E-state index is 12.6. The number of hydrogen-bond acceptors (Lipinski definition) is 5. The number of aromatic nitrogens is 1. The lowest BCUT2D eigenvalue weighted by Gasteiger charge is -2.42. The maximum Gasteiger partial charge on any atom is 0.490 e. The summed E-state index contributed by atoms with van der Waals surface area (Å²) >= 11 is 0. The number of amides is 1. The Labute approximate surface area is 166 Å². The molecule has 1 aromatic rings. The fraction of sp³-hybridized carbons (Fsp3) is 0.588. The maximum absolute atomic E-state index is 12.6. The topological polar surface area (TPSA) is 108 Å². The van der Waals surface area contributed by atoms with E-state index in [1.54, 1.807) is 12.4 Å². The van der Waals surface area contributed by atoms with Crippen molar-refractivity contribution in [1.82, 2.24) is 14.2 Å². The number of carboxylic acids is 1. The molecule has 3 rings (SSSR count). The van der Waals surface area contributed by atoms with E-state index in [1.807, 2.05) is 24.1 Å². The summed E-state index contributed by atoms with van der Waals surface area (Å²) in [5.74, 6) is -2.81. The third kappa shape index (κ3) is 5.24. The van der Waals surface area contributed by atoms with Crippen molar-refractivity contribution in [2.45, 2.75) is 36.9 Å². The molecule has 0 aromatic carbocycles. The molecule has 1 aromatic heterocycles. The van der Waals surface area contributed by atoms with Gasteiger partial charge >= 0.3 is 12.1 Å². The molecule has 0 bridgehead atoms. The molecule has 0 saturated carbocycles. The highest BCUT2D eigenvalue weighted by Crippen LogP contribution is 2.44. The number of likely N-dealkylation sites (tertiary alicyclic amines) is 1. The average molecular weight is 437 g/mol. The molecule has 29 heavy (non-hydrogen) atoms. The van der Waals surface area contributed by atoms with Gasteiger partial charge in [0.2, 0.25) is 15.9 Å². The zero-order chi connectivity index (χ0) is 22.0. The quantitative estimate of drug-likeness (QED) is 0.751. The number of alkyl halides is 3. The largest absolute Gasteiger partial charge is 0.490 e. The van der Waals surface area contributed by atoms with Crippen molar-refractivity contribution in [3.63, 3.8) is 0 Å². The summed E-state index contributed by atoms with van der Waals surface area (Å²) in [4.78, 5) is 27.5. The molecule has 12 heteroatoms. The third-order valence-corrected chi connectivity index (χ3v) is 6.68. The van der Waals surface area contributed by atoms with Crippen molar-refractivity contribution < 1.29 is 36.3 Å². The highest BCUT2D eigenvalue weighted by Gasteiger charge is 2.51. The lowest BCUT2D eigenvalue weighted by Crippen LogP contribution is -2.52. The third-order valence-electron chi connectivity index (χ3n) is 5.38. The van der Waals surface area contributed by atoms with Crippen LogP contribution in [0.5, 0.6) is 0 Å². The van der Waals surface area contributed by atoms with Gasteiger partial charge in [-0.3, -0.25) is 9.78 Å². The lowest BCUT2D eigenvalue weighted by molar-refractivity contribution is -0.192. The van der Waals surface area contributed by atoms with Crippen LogP contribution in [0.2, 0.25) is 0 Å².